The summed E-state index contributed by atoms with van der Waals surface area (Å²) in [5, 5.41) is 10.9. The van der Waals surface area contributed by atoms with Crippen molar-refractivity contribution in [3.05, 3.63) is 28.3 Å². The molecule has 0 fully saturated rings. The molecule has 0 radical (unpaired) electrons. The Morgan fingerprint density at radius 1 is 1.50 bits per heavy atom. The molecule has 0 atom stereocenters. The molecule has 0 amide bonds. The number of hydrazine groups is 1. The highest BCUT2D eigenvalue weighted by atomic mass is 32.2. The average molecular weight is 291 g/mol. The molecular formula is C9H13N3O4S2. The largest absolute Gasteiger partial charge is 0.318 e. The molecule has 3 N–H and O–H groups in total. The molecule has 0 aliphatic heterocycles. The smallest absolute Gasteiger partial charge is 0.307 e. The minimum Gasteiger partial charge on any atom is -0.318 e. The lowest BCUT2D eigenvalue weighted by Gasteiger charge is -2.06. The summed E-state index contributed by atoms with van der Waals surface area (Å²) in [7, 11) is -3.07. The van der Waals surface area contributed by atoms with E-state index in [9.17, 15) is 18.5 Å². The van der Waals surface area contributed by atoms with Crippen LogP contribution in [0.25, 0.3) is 0 Å². The van der Waals surface area contributed by atoms with E-state index in [0.717, 1.165) is 18.0 Å². The number of para-hydroxylation sites is 1. The first kappa shape index (κ1) is 14.7. The minimum absolute atomic E-state index is 0.0326. The van der Waals surface area contributed by atoms with Gasteiger partial charge in [0.1, 0.15) is 15.5 Å². The summed E-state index contributed by atoms with van der Waals surface area (Å²) in [5.41, 5.74) is 2.31. The molecule has 7 nitrogen and oxygen atoms in total. The zero-order valence-electron chi connectivity index (χ0n) is 9.62. The van der Waals surface area contributed by atoms with Gasteiger partial charge >= 0.3 is 5.69 Å². The molecule has 100 valence electrons. The third-order valence-electron chi connectivity index (χ3n) is 2.05. The van der Waals surface area contributed by atoms with E-state index >= 15 is 0 Å². The van der Waals surface area contributed by atoms with Crippen LogP contribution in [0.15, 0.2) is 23.1 Å². The number of hydrogen-bond donors (Lipinski definition) is 2. The molecule has 0 unspecified atom stereocenters. The Morgan fingerprint density at radius 3 is 2.67 bits per heavy atom. The minimum atomic E-state index is -3.07. The first-order chi connectivity index (χ1) is 8.35. The quantitative estimate of drug-likeness (QED) is 0.348. The van der Waals surface area contributed by atoms with Crippen molar-refractivity contribution in [3.63, 3.8) is 0 Å². The molecule has 0 aromatic heterocycles. The van der Waals surface area contributed by atoms with Gasteiger partial charge in [-0.2, -0.15) is 0 Å². The van der Waals surface area contributed by atoms with E-state index < -0.39 is 14.8 Å². The van der Waals surface area contributed by atoms with Gasteiger partial charge in [0, 0.05) is 12.0 Å². The van der Waals surface area contributed by atoms with Gasteiger partial charge in [-0.3, -0.25) is 16.0 Å². The first-order valence-electron chi connectivity index (χ1n) is 4.89. The van der Waals surface area contributed by atoms with Gasteiger partial charge in [-0.25, -0.2) is 8.42 Å². The van der Waals surface area contributed by atoms with E-state index in [2.05, 4.69) is 5.43 Å². The maximum atomic E-state index is 11.0. The third kappa shape index (κ3) is 4.17. The van der Waals surface area contributed by atoms with Crippen LogP contribution in [0, 0.1) is 10.1 Å². The summed E-state index contributed by atoms with van der Waals surface area (Å²) in [6.07, 6.45) is 1.12. The summed E-state index contributed by atoms with van der Waals surface area (Å²) in [4.78, 5) is 10.8. The Bertz CT molecular complexity index is 545. The lowest BCUT2D eigenvalue weighted by Crippen LogP contribution is -2.10. The first-order valence-corrected chi connectivity index (χ1v) is 7.94. The van der Waals surface area contributed by atoms with Gasteiger partial charge in [-0.05, 0) is 12.1 Å². The van der Waals surface area contributed by atoms with Crippen LogP contribution in [0.3, 0.4) is 0 Å². The van der Waals surface area contributed by atoms with E-state index in [1.165, 1.54) is 6.07 Å². The standard InChI is InChI=1S/C9H13N3O4S2/c1-18(15,16)6-5-17-8-4-2-3-7(11-10)9(8)12(13)14/h2-4,11H,5-6,10H2,1H3. The van der Waals surface area contributed by atoms with Crippen molar-refractivity contribution in [2.75, 3.05) is 23.2 Å². The number of nitrogen functional groups attached to an aromatic ring is 1. The number of anilines is 1. The van der Waals surface area contributed by atoms with Crippen LogP contribution in [0.2, 0.25) is 0 Å². The number of nitro groups is 1. The van der Waals surface area contributed by atoms with Gasteiger partial charge in [0.2, 0.25) is 0 Å². The number of nitrogens with two attached hydrogens (primary N) is 1. The molecule has 1 aromatic carbocycles. The Kier molecular flexibility index (Phi) is 4.93. The summed E-state index contributed by atoms with van der Waals surface area (Å²) in [6.45, 7) is 0. The van der Waals surface area contributed by atoms with E-state index in [0.29, 0.717) is 4.90 Å². The second kappa shape index (κ2) is 6.03. The molecule has 18 heavy (non-hydrogen) atoms. The molecule has 0 aliphatic rings. The summed E-state index contributed by atoms with van der Waals surface area (Å²) in [5.74, 6) is 5.42. The summed E-state index contributed by atoms with van der Waals surface area (Å²) in [6, 6.07) is 4.66. The average Bonchev–Trinajstić information content (AvgIpc) is 2.26. The number of nitrogens with zero attached hydrogens (tertiary/aromatic N) is 1. The molecule has 0 aliphatic carbocycles. The van der Waals surface area contributed by atoms with E-state index in [4.69, 9.17) is 5.84 Å². The Labute approximate surface area is 109 Å². The lowest BCUT2D eigenvalue weighted by molar-refractivity contribution is -0.386. The van der Waals surface area contributed by atoms with Crippen molar-refractivity contribution in [3.8, 4) is 0 Å². The Hall–Kier alpha value is -1.32. The number of rotatable bonds is 6. The number of nitro benzene ring substituents is 1. The van der Waals surface area contributed by atoms with Gasteiger partial charge < -0.3 is 5.43 Å². The summed E-state index contributed by atoms with van der Waals surface area (Å²) < 4.78 is 22.0. The maximum Gasteiger partial charge on any atom is 0.307 e. The van der Waals surface area contributed by atoms with Crippen LogP contribution in [0.4, 0.5) is 11.4 Å². The molecule has 1 rings (SSSR count). The van der Waals surface area contributed by atoms with Gasteiger partial charge in [0.25, 0.3) is 0 Å². The van der Waals surface area contributed by atoms with Crippen LogP contribution in [-0.4, -0.2) is 31.1 Å². The van der Waals surface area contributed by atoms with Crippen LogP contribution in [0.1, 0.15) is 0 Å². The van der Waals surface area contributed by atoms with Crippen molar-refractivity contribution < 1.29 is 13.3 Å². The predicted molar refractivity (Wildman–Crippen MR) is 71.3 cm³/mol. The second-order valence-corrected chi connectivity index (χ2v) is 6.93. The molecular weight excluding hydrogens is 278 g/mol. The molecule has 0 spiro atoms. The van der Waals surface area contributed by atoms with Crippen molar-refractivity contribution >= 4 is 33.0 Å². The Balaban J connectivity index is 2.92. The van der Waals surface area contributed by atoms with Crippen molar-refractivity contribution in [1.29, 1.82) is 0 Å². The molecule has 0 saturated carbocycles. The fourth-order valence-corrected chi connectivity index (χ4v) is 3.51. The van der Waals surface area contributed by atoms with Crippen LogP contribution in [-0.2, 0) is 9.84 Å². The molecule has 0 bridgehead atoms. The van der Waals surface area contributed by atoms with Crippen LogP contribution in [0.5, 0.6) is 0 Å². The highest BCUT2D eigenvalue weighted by Gasteiger charge is 2.19. The zero-order valence-corrected chi connectivity index (χ0v) is 11.3. The van der Waals surface area contributed by atoms with Crippen molar-refractivity contribution in [2.24, 2.45) is 5.84 Å². The van der Waals surface area contributed by atoms with E-state index in [-0.39, 0.29) is 22.9 Å². The molecule has 9 heteroatoms. The number of benzene rings is 1. The van der Waals surface area contributed by atoms with Crippen LogP contribution < -0.4 is 11.3 Å². The fourth-order valence-electron chi connectivity index (χ4n) is 1.25. The summed E-state index contributed by atoms with van der Waals surface area (Å²) >= 11 is 1.12. The second-order valence-electron chi connectivity index (χ2n) is 3.53. The van der Waals surface area contributed by atoms with E-state index in [1.54, 1.807) is 12.1 Å². The lowest BCUT2D eigenvalue weighted by atomic mass is 10.3. The third-order valence-corrected chi connectivity index (χ3v) is 4.30. The molecule has 0 saturated heterocycles. The number of nitrogens with one attached hydrogen (secondary N) is 1. The Morgan fingerprint density at radius 2 is 2.17 bits per heavy atom. The highest BCUT2D eigenvalue weighted by molar-refractivity contribution is 8.00. The number of hydrogen-bond acceptors (Lipinski definition) is 7. The van der Waals surface area contributed by atoms with Crippen molar-refractivity contribution in [2.45, 2.75) is 4.90 Å². The monoisotopic (exact) mass is 291 g/mol. The van der Waals surface area contributed by atoms with Gasteiger partial charge in [0.15, 0.2) is 0 Å². The normalized spacial score (nSPS) is 11.2. The SMILES string of the molecule is CS(=O)(=O)CCSc1cccc(NN)c1[N+](=O)[O-]. The topological polar surface area (TPSA) is 115 Å². The molecule has 1 aromatic rings. The van der Waals surface area contributed by atoms with Gasteiger partial charge in [0.05, 0.1) is 15.6 Å². The van der Waals surface area contributed by atoms with Gasteiger partial charge in [-0.1, -0.05) is 6.07 Å². The number of thioether (sulfide) groups is 1. The van der Waals surface area contributed by atoms with E-state index in [1.807, 2.05) is 0 Å². The molecule has 0 heterocycles. The zero-order chi connectivity index (χ0) is 13.8. The van der Waals surface area contributed by atoms with Crippen LogP contribution >= 0.6 is 11.8 Å². The highest BCUT2D eigenvalue weighted by Crippen LogP contribution is 2.35. The fraction of sp³-hybridized carbons (Fsp3) is 0.333. The van der Waals surface area contributed by atoms with Crippen molar-refractivity contribution in [1.82, 2.24) is 0 Å². The maximum absolute atomic E-state index is 11.0. The predicted octanol–water partition coefficient (Wildman–Crippen LogP) is 1.02. The number of sulfone groups is 1. The van der Waals surface area contributed by atoms with Gasteiger partial charge in [-0.15, -0.1) is 11.8 Å².